The Balaban J connectivity index is 2.16. The van der Waals surface area contributed by atoms with E-state index >= 15 is 0 Å². The second-order valence-corrected chi connectivity index (χ2v) is 4.80. The Bertz CT molecular complexity index is 291. The third kappa shape index (κ3) is 1.89. The van der Waals surface area contributed by atoms with Crippen molar-refractivity contribution >= 4 is 15.9 Å². The predicted molar refractivity (Wildman–Crippen MR) is 60.2 cm³/mol. The van der Waals surface area contributed by atoms with Crippen LogP contribution in [0.2, 0.25) is 0 Å². The highest BCUT2D eigenvalue weighted by atomic mass is 79.9. The van der Waals surface area contributed by atoms with Crippen LogP contribution in [0.1, 0.15) is 37.5 Å². The van der Waals surface area contributed by atoms with E-state index in [1.807, 2.05) is 13.1 Å². The van der Waals surface area contributed by atoms with Crippen molar-refractivity contribution < 1.29 is 4.42 Å². The van der Waals surface area contributed by atoms with Crippen molar-refractivity contribution in [2.45, 2.75) is 31.7 Å². The first-order chi connectivity index (χ1) is 6.83. The van der Waals surface area contributed by atoms with Gasteiger partial charge in [-0.05, 0) is 47.8 Å². The molecule has 0 spiro atoms. The number of nitrogens with one attached hydrogen (secondary N) is 1. The SMILES string of the molecule is CNC(c1occc1Br)C1CCCC1. The summed E-state index contributed by atoms with van der Waals surface area (Å²) in [5.41, 5.74) is 0. The quantitative estimate of drug-likeness (QED) is 0.897. The van der Waals surface area contributed by atoms with Crippen LogP contribution in [0.5, 0.6) is 0 Å². The first-order valence-corrected chi connectivity index (χ1v) is 6.02. The zero-order valence-corrected chi connectivity index (χ0v) is 10.0. The van der Waals surface area contributed by atoms with Gasteiger partial charge in [0.1, 0.15) is 5.76 Å². The van der Waals surface area contributed by atoms with Gasteiger partial charge in [0.05, 0.1) is 16.8 Å². The summed E-state index contributed by atoms with van der Waals surface area (Å²) < 4.78 is 6.61. The molecule has 0 amide bonds. The molecule has 1 saturated carbocycles. The number of hydrogen-bond acceptors (Lipinski definition) is 2. The summed E-state index contributed by atoms with van der Waals surface area (Å²) in [5.74, 6) is 1.79. The topological polar surface area (TPSA) is 25.2 Å². The number of halogens is 1. The molecular weight excluding hydrogens is 242 g/mol. The van der Waals surface area contributed by atoms with Crippen molar-refractivity contribution in [2.75, 3.05) is 7.05 Å². The largest absolute Gasteiger partial charge is 0.466 e. The molecule has 0 aliphatic heterocycles. The maximum absolute atomic E-state index is 5.52. The molecule has 1 atom stereocenters. The Labute approximate surface area is 93.2 Å². The molecule has 14 heavy (non-hydrogen) atoms. The lowest BCUT2D eigenvalue weighted by molar-refractivity contribution is 0.327. The molecule has 1 unspecified atom stereocenters. The summed E-state index contributed by atoms with van der Waals surface area (Å²) in [6, 6.07) is 2.34. The molecule has 78 valence electrons. The van der Waals surface area contributed by atoms with E-state index in [1.165, 1.54) is 25.7 Å². The average molecular weight is 258 g/mol. The molecule has 1 aromatic heterocycles. The smallest absolute Gasteiger partial charge is 0.135 e. The average Bonchev–Trinajstić information content (AvgIpc) is 2.80. The molecule has 1 heterocycles. The third-order valence-electron chi connectivity index (χ3n) is 3.11. The monoisotopic (exact) mass is 257 g/mol. The first-order valence-electron chi connectivity index (χ1n) is 5.23. The van der Waals surface area contributed by atoms with E-state index in [0.29, 0.717) is 6.04 Å². The molecule has 1 fully saturated rings. The van der Waals surface area contributed by atoms with Crippen LogP contribution in [0.3, 0.4) is 0 Å². The lowest BCUT2D eigenvalue weighted by Crippen LogP contribution is -2.23. The summed E-state index contributed by atoms with van der Waals surface area (Å²) >= 11 is 3.52. The van der Waals surface area contributed by atoms with Crippen molar-refractivity contribution in [3.05, 3.63) is 22.6 Å². The van der Waals surface area contributed by atoms with Gasteiger partial charge in [-0.3, -0.25) is 0 Å². The van der Waals surface area contributed by atoms with Gasteiger partial charge < -0.3 is 9.73 Å². The molecular formula is C11H16BrNO. The van der Waals surface area contributed by atoms with Crippen LogP contribution in [0.25, 0.3) is 0 Å². The molecule has 1 aliphatic carbocycles. The highest BCUT2D eigenvalue weighted by Gasteiger charge is 2.28. The maximum atomic E-state index is 5.52. The van der Waals surface area contributed by atoms with Gasteiger partial charge in [-0.1, -0.05) is 12.8 Å². The molecule has 1 N–H and O–H groups in total. The Morgan fingerprint density at radius 1 is 1.50 bits per heavy atom. The van der Waals surface area contributed by atoms with Gasteiger partial charge in [-0.25, -0.2) is 0 Å². The summed E-state index contributed by atoms with van der Waals surface area (Å²) in [7, 11) is 2.01. The Hall–Kier alpha value is -0.280. The molecule has 0 bridgehead atoms. The molecule has 2 rings (SSSR count). The minimum atomic E-state index is 0.377. The number of hydrogen-bond donors (Lipinski definition) is 1. The fourth-order valence-electron chi connectivity index (χ4n) is 2.40. The Morgan fingerprint density at radius 2 is 2.21 bits per heavy atom. The van der Waals surface area contributed by atoms with E-state index < -0.39 is 0 Å². The summed E-state index contributed by atoms with van der Waals surface area (Å²) in [6.45, 7) is 0. The second kappa shape index (κ2) is 4.49. The van der Waals surface area contributed by atoms with Crippen LogP contribution in [0.15, 0.2) is 21.2 Å². The summed E-state index contributed by atoms with van der Waals surface area (Å²) in [4.78, 5) is 0. The molecule has 1 aromatic rings. The van der Waals surface area contributed by atoms with Crippen LogP contribution in [0.4, 0.5) is 0 Å². The van der Waals surface area contributed by atoms with Crippen molar-refractivity contribution in [3.8, 4) is 0 Å². The molecule has 0 aromatic carbocycles. The first kappa shape index (κ1) is 10.2. The van der Waals surface area contributed by atoms with E-state index in [2.05, 4.69) is 21.2 Å². The lowest BCUT2D eigenvalue weighted by Gasteiger charge is -2.21. The fraction of sp³-hybridized carbons (Fsp3) is 0.636. The van der Waals surface area contributed by atoms with Crippen LogP contribution >= 0.6 is 15.9 Å². The molecule has 2 nitrogen and oxygen atoms in total. The van der Waals surface area contributed by atoms with E-state index in [1.54, 1.807) is 6.26 Å². The highest BCUT2D eigenvalue weighted by molar-refractivity contribution is 9.10. The fourth-order valence-corrected chi connectivity index (χ4v) is 2.85. The van der Waals surface area contributed by atoms with Gasteiger partial charge in [0.15, 0.2) is 0 Å². The molecule has 1 aliphatic rings. The van der Waals surface area contributed by atoms with Crippen molar-refractivity contribution in [3.63, 3.8) is 0 Å². The number of rotatable bonds is 3. The van der Waals surface area contributed by atoms with Crippen molar-refractivity contribution in [2.24, 2.45) is 5.92 Å². The summed E-state index contributed by atoms with van der Waals surface area (Å²) in [5, 5.41) is 3.36. The van der Waals surface area contributed by atoms with Gasteiger partial charge in [-0.15, -0.1) is 0 Å². The van der Waals surface area contributed by atoms with E-state index in [9.17, 15) is 0 Å². The number of furan rings is 1. The van der Waals surface area contributed by atoms with Gasteiger partial charge >= 0.3 is 0 Å². The molecule has 3 heteroatoms. The highest BCUT2D eigenvalue weighted by Crippen LogP contribution is 2.38. The van der Waals surface area contributed by atoms with Crippen LogP contribution < -0.4 is 5.32 Å². The Kier molecular flexibility index (Phi) is 3.29. The zero-order valence-electron chi connectivity index (χ0n) is 8.42. The van der Waals surface area contributed by atoms with E-state index in [0.717, 1.165) is 16.2 Å². The van der Waals surface area contributed by atoms with E-state index in [-0.39, 0.29) is 0 Å². The van der Waals surface area contributed by atoms with Gasteiger partial charge in [0.25, 0.3) is 0 Å². The summed E-state index contributed by atoms with van der Waals surface area (Å²) in [6.07, 6.45) is 7.11. The zero-order chi connectivity index (χ0) is 9.97. The van der Waals surface area contributed by atoms with Crippen LogP contribution in [0, 0.1) is 5.92 Å². The molecule has 0 saturated heterocycles. The van der Waals surface area contributed by atoms with Gasteiger partial charge in [0.2, 0.25) is 0 Å². The maximum Gasteiger partial charge on any atom is 0.135 e. The molecule has 0 radical (unpaired) electrons. The minimum Gasteiger partial charge on any atom is -0.466 e. The minimum absolute atomic E-state index is 0.377. The van der Waals surface area contributed by atoms with Crippen molar-refractivity contribution in [1.82, 2.24) is 5.32 Å². The second-order valence-electron chi connectivity index (χ2n) is 3.94. The lowest BCUT2D eigenvalue weighted by atomic mass is 9.96. The predicted octanol–water partition coefficient (Wildman–Crippen LogP) is 3.49. The standard InChI is InChI=1S/C11H16BrNO/c1-13-10(8-4-2-3-5-8)11-9(12)6-7-14-11/h6-8,10,13H,2-5H2,1H3. The normalized spacial score (nSPS) is 20.1. The van der Waals surface area contributed by atoms with Crippen LogP contribution in [-0.4, -0.2) is 7.05 Å². The van der Waals surface area contributed by atoms with Crippen LogP contribution in [-0.2, 0) is 0 Å². The van der Waals surface area contributed by atoms with Crippen molar-refractivity contribution in [1.29, 1.82) is 0 Å². The van der Waals surface area contributed by atoms with Gasteiger partial charge in [-0.2, -0.15) is 0 Å². The third-order valence-corrected chi connectivity index (χ3v) is 3.76. The Morgan fingerprint density at radius 3 is 2.71 bits per heavy atom. The van der Waals surface area contributed by atoms with E-state index in [4.69, 9.17) is 4.42 Å². The van der Waals surface area contributed by atoms with Gasteiger partial charge in [0, 0.05) is 0 Å².